The first-order valence-electron chi connectivity index (χ1n) is 8.44. The van der Waals surface area contributed by atoms with E-state index in [1.807, 2.05) is 0 Å². The van der Waals surface area contributed by atoms with Crippen LogP contribution in [-0.2, 0) is 27.0 Å². The summed E-state index contributed by atoms with van der Waals surface area (Å²) in [6.07, 6.45) is -5.85. The standard InChI is InChI=1S/C20H17F4NO4/c1-28-17-14-7-6-12(20(22,23)24)9-15(14)25(18(29-2)16(17)19(26)27)10-11-4-3-5-13(21)8-11/h3-9,18H,10H2,1-2H3,(H,26,27). The monoisotopic (exact) mass is 411 g/mol. The van der Waals surface area contributed by atoms with Gasteiger partial charge in [0.05, 0.1) is 18.4 Å². The molecule has 1 aliphatic rings. The van der Waals surface area contributed by atoms with Crippen LogP contribution < -0.4 is 4.90 Å². The number of nitrogens with zero attached hydrogens (tertiary/aromatic N) is 1. The lowest BCUT2D eigenvalue weighted by atomic mass is 9.96. The Balaban J connectivity index is 2.23. The lowest BCUT2D eigenvalue weighted by molar-refractivity contribution is -0.138. The number of carboxylic acid groups (broad SMARTS) is 1. The molecule has 1 aliphatic heterocycles. The van der Waals surface area contributed by atoms with Crippen molar-refractivity contribution in [1.29, 1.82) is 0 Å². The second-order valence-corrected chi connectivity index (χ2v) is 6.33. The maximum absolute atomic E-state index is 13.6. The number of carbonyl (C=O) groups is 1. The SMILES string of the molecule is COC1=C(C(=O)O)C(OC)N(Cc2cccc(F)c2)c2cc(C(F)(F)F)ccc21. The van der Waals surface area contributed by atoms with Gasteiger partial charge in [-0.05, 0) is 35.9 Å². The number of anilines is 1. The molecule has 9 heteroatoms. The van der Waals surface area contributed by atoms with Crippen LogP contribution >= 0.6 is 0 Å². The van der Waals surface area contributed by atoms with E-state index < -0.39 is 29.8 Å². The molecule has 0 radical (unpaired) electrons. The quantitative estimate of drug-likeness (QED) is 0.745. The summed E-state index contributed by atoms with van der Waals surface area (Å²) in [5.41, 5.74) is -0.510. The average Bonchev–Trinajstić information content (AvgIpc) is 2.66. The molecule has 0 aliphatic carbocycles. The average molecular weight is 411 g/mol. The second-order valence-electron chi connectivity index (χ2n) is 6.33. The van der Waals surface area contributed by atoms with Gasteiger partial charge in [0.1, 0.15) is 17.1 Å². The van der Waals surface area contributed by atoms with E-state index in [-0.39, 0.29) is 29.1 Å². The minimum atomic E-state index is -4.61. The fourth-order valence-electron chi connectivity index (χ4n) is 3.34. The third-order valence-electron chi connectivity index (χ3n) is 4.55. The van der Waals surface area contributed by atoms with E-state index in [0.717, 1.165) is 18.2 Å². The van der Waals surface area contributed by atoms with E-state index >= 15 is 0 Å². The Morgan fingerprint density at radius 1 is 1.17 bits per heavy atom. The molecule has 1 atom stereocenters. The Morgan fingerprint density at radius 2 is 1.90 bits per heavy atom. The van der Waals surface area contributed by atoms with Crippen molar-refractivity contribution in [2.75, 3.05) is 19.1 Å². The molecule has 1 unspecified atom stereocenters. The van der Waals surface area contributed by atoms with Crippen molar-refractivity contribution in [3.63, 3.8) is 0 Å². The molecule has 0 spiro atoms. The molecule has 5 nitrogen and oxygen atoms in total. The van der Waals surface area contributed by atoms with Crippen LogP contribution in [0.1, 0.15) is 16.7 Å². The largest absolute Gasteiger partial charge is 0.495 e. The highest BCUT2D eigenvalue weighted by Gasteiger charge is 2.40. The topological polar surface area (TPSA) is 59.0 Å². The molecule has 0 fully saturated rings. The minimum absolute atomic E-state index is 0.0674. The number of methoxy groups -OCH3 is 2. The number of carboxylic acids is 1. The summed E-state index contributed by atoms with van der Waals surface area (Å²) in [4.78, 5) is 13.2. The Bertz CT molecular complexity index is 971. The lowest BCUT2D eigenvalue weighted by Gasteiger charge is -2.39. The molecule has 0 saturated heterocycles. The van der Waals surface area contributed by atoms with Crippen molar-refractivity contribution in [1.82, 2.24) is 0 Å². The van der Waals surface area contributed by atoms with Crippen LogP contribution in [0.15, 0.2) is 48.0 Å². The summed E-state index contributed by atoms with van der Waals surface area (Å²) in [5, 5.41) is 9.69. The van der Waals surface area contributed by atoms with Gasteiger partial charge in [-0.3, -0.25) is 0 Å². The molecule has 1 heterocycles. The fourth-order valence-corrected chi connectivity index (χ4v) is 3.34. The van der Waals surface area contributed by atoms with Crippen molar-refractivity contribution in [2.45, 2.75) is 18.9 Å². The smallest absolute Gasteiger partial charge is 0.416 e. The van der Waals surface area contributed by atoms with E-state index in [2.05, 4.69) is 0 Å². The number of halogens is 4. The third kappa shape index (κ3) is 3.91. The number of hydrogen-bond acceptors (Lipinski definition) is 4. The van der Waals surface area contributed by atoms with Gasteiger partial charge in [0, 0.05) is 19.2 Å². The molecule has 2 aromatic carbocycles. The predicted octanol–water partition coefficient (Wildman–Crippen LogP) is 4.28. The molecule has 0 amide bonds. The van der Waals surface area contributed by atoms with Crippen LogP contribution in [0.2, 0.25) is 0 Å². The van der Waals surface area contributed by atoms with Crippen LogP contribution in [0.3, 0.4) is 0 Å². The van der Waals surface area contributed by atoms with Gasteiger partial charge in [-0.2, -0.15) is 13.2 Å². The molecule has 0 saturated carbocycles. The number of alkyl halides is 3. The highest BCUT2D eigenvalue weighted by Crippen LogP contribution is 2.43. The number of aliphatic carboxylic acids is 1. The Kier molecular flexibility index (Phi) is 5.52. The van der Waals surface area contributed by atoms with Gasteiger partial charge >= 0.3 is 12.1 Å². The lowest BCUT2D eigenvalue weighted by Crippen LogP contribution is -2.43. The third-order valence-corrected chi connectivity index (χ3v) is 4.55. The van der Waals surface area contributed by atoms with Crippen LogP contribution in [0.25, 0.3) is 5.76 Å². The highest BCUT2D eigenvalue weighted by atomic mass is 19.4. The minimum Gasteiger partial charge on any atom is -0.495 e. The van der Waals surface area contributed by atoms with Gasteiger partial charge in [-0.25, -0.2) is 9.18 Å². The van der Waals surface area contributed by atoms with Gasteiger partial charge < -0.3 is 19.5 Å². The molecule has 1 N–H and O–H groups in total. The molecular formula is C20H17F4NO4. The van der Waals surface area contributed by atoms with Crippen LogP contribution in [0.4, 0.5) is 23.2 Å². The number of hydrogen-bond donors (Lipinski definition) is 1. The van der Waals surface area contributed by atoms with Crippen molar-refractivity contribution in [3.05, 3.63) is 70.5 Å². The van der Waals surface area contributed by atoms with Crippen molar-refractivity contribution >= 4 is 17.4 Å². The molecule has 154 valence electrons. The number of fused-ring (bicyclic) bond motifs is 1. The van der Waals surface area contributed by atoms with Crippen molar-refractivity contribution in [3.8, 4) is 0 Å². The van der Waals surface area contributed by atoms with E-state index in [1.54, 1.807) is 6.07 Å². The van der Waals surface area contributed by atoms with E-state index in [9.17, 15) is 27.5 Å². The van der Waals surface area contributed by atoms with Gasteiger partial charge in [-0.15, -0.1) is 0 Å². The van der Waals surface area contributed by atoms with E-state index in [4.69, 9.17) is 9.47 Å². The first-order chi connectivity index (χ1) is 13.7. The Morgan fingerprint density at radius 3 is 2.45 bits per heavy atom. The zero-order valence-corrected chi connectivity index (χ0v) is 15.5. The molecular weight excluding hydrogens is 394 g/mol. The zero-order chi connectivity index (χ0) is 21.3. The summed E-state index contributed by atoms with van der Waals surface area (Å²) in [6, 6.07) is 8.40. The Hall–Kier alpha value is -3.07. The van der Waals surface area contributed by atoms with Crippen molar-refractivity contribution < 1.29 is 36.9 Å². The van der Waals surface area contributed by atoms with Gasteiger partial charge in [0.15, 0.2) is 6.23 Å². The van der Waals surface area contributed by atoms with Crippen LogP contribution in [0, 0.1) is 5.82 Å². The summed E-state index contributed by atoms with van der Waals surface area (Å²) in [6.45, 7) is -0.0850. The zero-order valence-electron chi connectivity index (χ0n) is 15.5. The normalized spacial score (nSPS) is 16.6. The van der Waals surface area contributed by atoms with Gasteiger partial charge in [0.2, 0.25) is 0 Å². The van der Waals surface area contributed by atoms with E-state index in [1.165, 1.54) is 37.3 Å². The summed E-state index contributed by atoms with van der Waals surface area (Å²) in [7, 11) is 2.47. The summed E-state index contributed by atoms with van der Waals surface area (Å²) < 4.78 is 64.0. The molecule has 29 heavy (non-hydrogen) atoms. The predicted molar refractivity (Wildman–Crippen MR) is 96.4 cm³/mol. The first kappa shape index (κ1) is 20.7. The number of rotatable bonds is 5. The van der Waals surface area contributed by atoms with Gasteiger partial charge in [0.25, 0.3) is 0 Å². The molecule has 2 aromatic rings. The highest BCUT2D eigenvalue weighted by molar-refractivity contribution is 6.00. The number of benzene rings is 2. The van der Waals surface area contributed by atoms with Crippen molar-refractivity contribution in [2.24, 2.45) is 0 Å². The van der Waals surface area contributed by atoms with Crippen LogP contribution in [-0.4, -0.2) is 31.5 Å². The molecule has 0 bridgehead atoms. The second kappa shape index (κ2) is 7.75. The summed E-state index contributed by atoms with van der Waals surface area (Å²) >= 11 is 0. The maximum Gasteiger partial charge on any atom is 0.416 e. The maximum atomic E-state index is 13.6. The van der Waals surface area contributed by atoms with Crippen LogP contribution in [0.5, 0.6) is 0 Å². The van der Waals surface area contributed by atoms with E-state index in [0.29, 0.717) is 5.56 Å². The fraction of sp³-hybridized carbons (Fsp3) is 0.250. The number of ether oxygens (including phenoxy) is 2. The first-order valence-corrected chi connectivity index (χ1v) is 8.44. The molecule has 0 aromatic heterocycles. The Labute approximate surface area is 163 Å². The molecule has 3 rings (SSSR count). The van der Waals surface area contributed by atoms with Gasteiger partial charge in [-0.1, -0.05) is 12.1 Å². The summed E-state index contributed by atoms with van der Waals surface area (Å²) in [5.74, 6) is -1.96.